The molecule has 134 valence electrons. The maximum atomic E-state index is 12.6. The zero-order valence-corrected chi connectivity index (χ0v) is 15.2. The van der Waals surface area contributed by atoms with Crippen molar-refractivity contribution in [1.29, 1.82) is 0 Å². The molecule has 0 saturated carbocycles. The van der Waals surface area contributed by atoms with E-state index in [1.165, 1.54) is 7.11 Å². The first-order valence-electron chi connectivity index (χ1n) is 8.21. The summed E-state index contributed by atoms with van der Waals surface area (Å²) in [6, 6.07) is 6.89. The third-order valence-corrected chi connectivity index (χ3v) is 5.57. The second-order valence-electron chi connectivity index (χ2n) is 6.00. The molecule has 0 bridgehead atoms. The summed E-state index contributed by atoms with van der Waals surface area (Å²) in [7, 11) is -2.27. The van der Waals surface area contributed by atoms with Crippen molar-refractivity contribution in [1.82, 2.24) is 14.7 Å². The molecule has 0 aliphatic carbocycles. The van der Waals surface area contributed by atoms with Gasteiger partial charge in [0.25, 0.3) is 0 Å². The van der Waals surface area contributed by atoms with Gasteiger partial charge in [0.2, 0.25) is 10.0 Å². The molecular formula is C17H22N4O3S. The van der Waals surface area contributed by atoms with Crippen molar-refractivity contribution in [3.63, 3.8) is 0 Å². The summed E-state index contributed by atoms with van der Waals surface area (Å²) in [4.78, 5) is 10.9. The molecule has 1 aromatic heterocycles. The highest BCUT2D eigenvalue weighted by Gasteiger charge is 2.20. The van der Waals surface area contributed by atoms with E-state index in [4.69, 9.17) is 4.74 Å². The summed E-state index contributed by atoms with van der Waals surface area (Å²) >= 11 is 0. The van der Waals surface area contributed by atoms with Gasteiger partial charge in [0, 0.05) is 19.3 Å². The minimum Gasteiger partial charge on any atom is -0.495 e. The van der Waals surface area contributed by atoms with E-state index in [-0.39, 0.29) is 11.4 Å². The highest BCUT2D eigenvalue weighted by atomic mass is 32.2. The van der Waals surface area contributed by atoms with Gasteiger partial charge in [-0.3, -0.25) is 0 Å². The Morgan fingerprint density at radius 2 is 2.00 bits per heavy atom. The van der Waals surface area contributed by atoms with Crippen LogP contribution in [0.4, 0.5) is 5.82 Å². The minimum atomic E-state index is -3.72. The molecule has 0 spiro atoms. The SMILES string of the molecule is COc1ccc(C)cc1S(=O)(=O)NCc1nccc(N2CCCC2)n1. The van der Waals surface area contributed by atoms with Crippen molar-refractivity contribution < 1.29 is 13.2 Å². The molecule has 25 heavy (non-hydrogen) atoms. The van der Waals surface area contributed by atoms with Crippen LogP contribution in [0, 0.1) is 6.92 Å². The van der Waals surface area contributed by atoms with E-state index in [0.29, 0.717) is 11.6 Å². The number of hydrogen-bond acceptors (Lipinski definition) is 6. The molecule has 0 atom stereocenters. The van der Waals surface area contributed by atoms with Gasteiger partial charge in [-0.15, -0.1) is 0 Å². The number of nitrogens with zero attached hydrogens (tertiary/aromatic N) is 3. The predicted molar refractivity (Wildman–Crippen MR) is 95.2 cm³/mol. The highest BCUT2D eigenvalue weighted by Crippen LogP contribution is 2.24. The number of sulfonamides is 1. The van der Waals surface area contributed by atoms with Crippen LogP contribution in [0.25, 0.3) is 0 Å². The summed E-state index contributed by atoms with van der Waals surface area (Å²) in [5.74, 6) is 1.60. The molecule has 3 rings (SSSR count). The smallest absolute Gasteiger partial charge is 0.244 e. The van der Waals surface area contributed by atoms with Crippen LogP contribution in [-0.2, 0) is 16.6 Å². The number of aryl methyl sites for hydroxylation is 1. The van der Waals surface area contributed by atoms with Gasteiger partial charge in [-0.2, -0.15) is 0 Å². The monoisotopic (exact) mass is 362 g/mol. The normalized spacial score (nSPS) is 14.7. The van der Waals surface area contributed by atoms with E-state index >= 15 is 0 Å². The molecule has 2 heterocycles. The summed E-state index contributed by atoms with van der Waals surface area (Å²) in [6.07, 6.45) is 3.97. The van der Waals surface area contributed by atoms with Gasteiger partial charge in [-0.05, 0) is 43.5 Å². The van der Waals surface area contributed by atoms with Crippen LogP contribution in [0.3, 0.4) is 0 Å². The van der Waals surface area contributed by atoms with Crippen molar-refractivity contribution in [3.05, 3.63) is 41.9 Å². The van der Waals surface area contributed by atoms with Crippen molar-refractivity contribution >= 4 is 15.8 Å². The van der Waals surface area contributed by atoms with Gasteiger partial charge in [0.15, 0.2) is 0 Å². The summed E-state index contributed by atoms with van der Waals surface area (Å²) in [5, 5.41) is 0. The van der Waals surface area contributed by atoms with Gasteiger partial charge in [-0.25, -0.2) is 23.1 Å². The lowest BCUT2D eigenvalue weighted by Gasteiger charge is -2.16. The molecule has 7 nitrogen and oxygen atoms in total. The van der Waals surface area contributed by atoms with Gasteiger partial charge >= 0.3 is 0 Å². The Morgan fingerprint density at radius 1 is 1.24 bits per heavy atom. The molecule has 0 radical (unpaired) electrons. The Balaban J connectivity index is 1.76. The number of hydrogen-bond donors (Lipinski definition) is 1. The standard InChI is InChI=1S/C17H22N4O3S/c1-13-5-6-14(24-2)15(11-13)25(22,23)19-12-16-18-8-7-17(20-16)21-9-3-4-10-21/h5-8,11,19H,3-4,9-10,12H2,1-2H3. The second kappa shape index (κ2) is 7.37. The average molecular weight is 362 g/mol. The van der Waals surface area contributed by atoms with Crippen LogP contribution in [0.5, 0.6) is 5.75 Å². The first kappa shape index (κ1) is 17.6. The van der Waals surface area contributed by atoms with Crippen molar-refractivity contribution in [2.45, 2.75) is 31.2 Å². The first-order valence-corrected chi connectivity index (χ1v) is 9.69. The Bertz CT molecular complexity index is 849. The van der Waals surface area contributed by atoms with E-state index in [0.717, 1.165) is 37.3 Å². The topological polar surface area (TPSA) is 84.4 Å². The lowest BCUT2D eigenvalue weighted by molar-refractivity contribution is 0.402. The number of anilines is 1. The summed E-state index contributed by atoms with van der Waals surface area (Å²) < 4.78 is 33.0. The number of rotatable bonds is 6. The first-order chi connectivity index (χ1) is 12.0. The molecule has 1 aliphatic heterocycles. The third kappa shape index (κ3) is 4.08. The van der Waals surface area contributed by atoms with Crippen LogP contribution in [0.2, 0.25) is 0 Å². The van der Waals surface area contributed by atoms with Crippen molar-refractivity contribution in [2.24, 2.45) is 0 Å². The molecule has 2 aromatic rings. The van der Waals surface area contributed by atoms with Crippen molar-refractivity contribution in [2.75, 3.05) is 25.1 Å². The molecule has 0 amide bonds. The summed E-state index contributed by atoms with van der Waals surface area (Å²) in [5.41, 5.74) is 0.841. The van der Waals surface area contributed by atoms with Crippen LogP contribution in [0.15, 0.2) is 35.4 Å². The summed E-state index contributed by atoms with van der Waals surface area (Å²) in [6.45, 7) is 3.81. The quantitative estimate of drug-likeness (QED) is 0.844. The Morgan fingerprint density at radius 3 is 2.72 bits per heavy atom. The molecule has 1 N–H and O–H groups in total. The maximum absolute atomic E-state index is 12.6. The molecule has 1 aliphatic rings. The van der Waals surface area contributed by atoms with Gasteiger partial charge in [0.05, 0.1) is 13.7 Å². The molecule has 1 saturated heterocycles. The fourth-order valence-corrected chi connectivity index (χ4v) is 4.06. The molecule has 1 aromatic carbocycles. The predicted octanol–water partition coefficient (Wildman–Crippen LogP) is 1.87. The minimum absolute atomic E-state index is 0.0289. The average Bonchev–Trinajstić information content (AvgIpc) is 3.15. The molecule has 0 unspecified atom stereocenters. The molecule has 1 fully saturated rings. The zero-order chi connectivity index (χ0) is 17.9. The van der Waals surface area contributed by atoms with E-state index in [2.05, 4.69) is 19.6 Å². The van der Waals surface area contributed by atoms with E-state index in [9.17, 15) is 8.42 Å². The molecular weight excluding hydrogens is 340 g/mol. The highest BCUT2D eigenvalue weighted by molar-refractivity contribution is 7.89. The van der Waals surface area contributed by atoms with Crippen molar-refractivity contribution in [3.8, 4) is 5.75 Å². The number of methoxy groups -OCH3 is 1. The van der Waals surface area contributed by atoms with Gasteiger partial charge in [0.1, 0.15) is 22.3 Å². The number of benzene rings is 1. The molecule has 8 heteroatoms. The Hall–Kier alpha value is -2.19. The van der Waals surface area contributed by atoms with E-state index in [1.807, 2.05) is 13.0 Å². The largest absolute Gasteiger partial charge is 0.495 e. The van der Waals surface area contributed by atoms with E-state index < -0.39 is 10.0 Å². The Kier molecular flexibility index (Phi) is 5.19. The number of nitrogens with one attached hydrogen (secondary N) is 1. The lowest BCUT2D eigenvalue weighted by Crippen LogP contribution is -2.26. The van der Waals surface area contributed by atoms with Crippen LogP contribution in [0.1, 0.15) is 24.2 Å². The fourth-order valence-electron chi connectivity index (χ4n) is 2.83. The van der Waals surface area contributed by atoms with Gasteiger partial charge < -0.3 is 9.64 Å². The van der Waals surface area contributed by atoms with Crippen LogP contribution in [-0.4, -0.2) is 38.6 Å². The Labute approximate surface area is 148 Å². The van der Waals surface area contributed by atoms with Crippen LogP contribution >= 0.6 is 0 Å². The maximum Gasteiger partial charge on any atom is 0.244 e. The third-order valence-electron chi connectivity index (χ3n) is 4.15. The van der Waals surface area contributed by atoms with Crippen LogP contribution < -0.4 is 14.4 Å². The fraction of sp³-hybridized carbons (Fsp3) is 0.412. The number of ether oxygens (including phenoxy) is 1. The van der Waals surface area contributed by atoms with Gasteiger partial charge in [-0.1, -0.05) is 6.07 Å². The van der Waals surface area contributed by atoms with E-state index in [1.54, 1.807) is 24.4 Å². The zero-order valence-electron chi connectivity index (χ0n) is 14.4. The number of aromatic nitrogens is 2. The lowest BCUT2D eigenvalue weighted by atomic mass is 10.2. The second-order valence-corrected chi connectivity index (χ2v) is 7.74.